The first-order valence-corrected chi connectivity index (χ1v) is 11.9. The fraction of sp³-hybridized carbons (Fsp3) is 0.172. The molecule has 0 spiro atoms. The summed E-state index contributed by atoms with van der Waals surface area (Å²) in [6.45, 7) is 2.01. The molecule has 1 N–H and O–H groups in total. The van der Waals surface area contributed by atoms with E-state index in [1.165, 1.54) is 12.0 Å². The van der Waals surface area contributed by atoms with E-state index in [9.17, 15) is 19.5 Å². The van der Waals surface area contributed by atoms with Gasteiger partial charge in [0.2, 0.25) is 0 Å². The van der Waals surface area contributed by atoms with Crippen LogP contribution in [0, 0.1) is 6.92 Å². The zero-order valence-corrected chi connectivity index (χ0v) is 20.4. The SMILES string of the molecule is COC(=O)c1ccc(C2/C(=C(\O)c3c(C)nc4ccccn34)C(=O)C(=O)N2CCc2ccccc2)cc1. The van der Waals surface area contributed by atoms with Gasteiger partial charge >= 0.3 is 5.97 Å². The third kappa shape index (κ3) is 4.27. The van der Waals surface area contributed by atoms with Crippen LogP contribution in [0.3, 0.4) is 0 Å². The predicted octanol–water partition coefficient (Wildman–Crippen LogP) is 4.09. The molecule has 8 heteroatoms. The number of pyridine rings is 1. The van der Waals surface area contributed by atoms with Crippen molar-refractivity contribution in [3.05, 3.63) is 113 Å². The number of nitrogens with zero attached hydrogens (tertiary/aromatic N) is 3. The molecule has 0 aliphatic carbocycles. The molecule has 1 amide bonds. The van der Waals surface area contributed by atoms with Gasteiger partial charge < -0.3 is 14.7 Å². The Labute approximate surface area is 213 Å². The van der Waals surface area contributed by atoms with Crippen molar-refractivity contribution in [3.63, 3.8) is 0 Å². The maximum Gasteiger partial charge on any atom is 0.337 e. The molecule has 0 saturated carbocycles. The largest absolute Gasteiger partial charge is 0.505 e. The fourth-order valence-electron chi connectivity index (χ4n) is 4.80. The number of aliphatic hydroxyl groups is 1. The summed E-state index contributed by atoms with van der Waals surface area (Å²) in [5, 5.41) is 11.5. The van der Waals surface area contributed by atoms with Crippen molar-refractivity contribution < 1.29 is 24.2 Å². The average Bonchev–Trinajstić information content (AvgIpc) is 3.39. The van der Waals surface area contributed by atoms with E-state index in [2.05, 4.69) is 4.98 Å². The summed E-state index contributed by atoms with van der Waals surface area (Å²) in [5.41, 5.74) is 3.42. The Kier molecular flexibility index (Phi) is 6.31. The summed E-state index contributed by atoms with van der Waals surface area (Å²) in [6, 6.07) is 20.8. The smallest absolute Gasteiger partial charge is 0.337 e. The standard InChI is InChI=1S/C29H25N3O5/c1-18-24(31-16-7-6-10-22(31)30-18)26(33)23-25(20-11-13-21(14-12-20)29(36)37-2)32(28(35)27(23)34)17-15-19-8-4-3-5-9-19/h3-14,16,25,33H,15,17H2,1-2H3/b26-23+. The van der Waals surface area contributed by atoms with Crippen molar-refractivity contribution in [1.29, 1.82) is 0 Å². The number of amides is 1. The Hall–Kier alpha value is -4.72. The number of aryl methyl sites for hydroxylation is 1. The zero-order chi connectivity index (χ0) is 26.1. The third-order valence-corrected chi connectivity index (χ3v) is 6.60. The predicted molar refractivity (Wildman–Crippen MR) is 137 cm³/mol. The van der Waals surface area contributed by atoms with E-state index in [1.54, 1.807) is 53.9 Å². The number of imidazole rings is 1. The lowest BCUT2D eigenvalue weighted by Gasteiger charge is -2.25. The second kappa shape index (κ2) is 9.73. The first-order valence-electron chi connectivity index (χ1n) is 11.9. The van der Waals surface area contributed by atoms with Gasteiger partial charge in [0.25, 0.3) is 11.7 Å². The summed E-state index contributed by atoms with van der Waals surface area (Å²) >= 11 is 0. The normalized spacial score (nSPS) is 16.9. The maximum absolute atomic E-state index is 13.4. The highest BCUT2D eigenvalue weighted by Crippen LogP contribution is 2.40. The molecule has 0 radical (unpaired) electrons. The van der Waals surface area contributed by atoms with Crippen LogP contribution in [-0.2, 0) is 20.7 Å². The van der Waals surface area contributed by atoms with Crippen LogP contribution < -0.4 is 0 Å². The highest BCUT2D eigenvalue weighted by molar-refractivity contribution is 6.46. The van der Waals surface area contributed by atoms with Crippen molar-refractivity contribution in [2.75, 3.05) is 13.7 Å². The van der Waals surface area contributed by atoms with Gasteiger partial charge in [0.05, 0.1) is 30.0 Å². The van der Waals surface area contributed by atoms with Crippen molar-refractivity contribution in [1.82, 2.24) is 14.3 Å². The molecule has 8 nitrogen and oxygen atoms in total. The lowest BCUT2D eigenvalue weighted by atomic mass is 9.95. The number of fused-ring (bicyclic) bond motifs is 1. The topological polar surface area (TPSA) is 101 Å². The third-order valence-electron chi connectivity index (χ3n) is 6.60. The van der Waals surface area contributed by atoms with E-state index in [4.69, 9.17) is 4.74 Å². The number of Topliss-reactive ketones (excluding diaryl/α,β-unsaturated/α-hetero) is 1. The minimum absolute atomic E-state index is 0.0161. The van der Waals surface area contributed by atoms with Crippen LogP contribution in [0.4, 0.5) is 0 Å². The number of ether oxygens (including phenoxy) is 1. The fourth-order valence-corrected chi connectivity index (χ4v) is 4.80. The molecule has 1 aliphatic heterocycles. The van der Waals surface area contributed by atoms with E-state index < -0.39 is 23.7 Å². The molecule has 4 aromatic rings. The van der Waals surface area contributed by atoms with Crippen LogP contribution in [-0.4, -0.2) is 50.7 Å². The number of methoxy groups -OCH3 is 1. The van der Waals surface area contributed by atoms with Gasteiger partial charge in [0.15, 0.2) is 5.76 Å². The second-order valence-electron chi connectivity index (χ2n) is 8.82. The summed E-state index contributed by atoms with van der Waals surface area (Å²) in [4.78, 5) is 44.6. The van der Waals surface area contributed by atoms with Crippen LogP contribution in [0.1, 0.15) is 38.9 Å². The van der Waals surface area contributed by atoms with E-state index in [1.807, 2.05) is 36.4 Å². The number of hydrogen-bond donors (Lipinski definition) is 1. The number of likely N-dealkylation sites (tertiary alicyclic amines) is 1. The molecular formula is C29H25N3O5. The molecule has 37 heavy (non-hydrogen) atoms. The number of carbonyl (C=O) groups excluding carboxylic acids is 3. The van der Waals surface area contributed by atoms with Crippen molar-refractivity contribution >= 4 is 29.1 Å². The van der Waals surface area contributed by atoms with E-state index >= 15 is 0 Å². The zero-order valence-electron chi connectivity index (χ0n) is 20.4. The Morgan fingerprint density at radius 3 is 2.41 bits per heavy atom. The van der Waals surface area contributed by atoms with E-state index in [-0.39, 0.29) is 17.9 Å². The second-order valence-corrected chi connectivity index (χ2v) is 8.82. The number of aromatic nitrogens is 2. The highest BCUT2D eigenvalue weighted by atomic mass is 16.5. The molecule has 2 aromatic heterocycles. The molecule has 3 heterocycles. The molecule has 1 aliphatic rings. The van der Waals surface area contributed by atoms with Crippen molar-refractivity contribution in [3.8, 4) is 0 Å². The number of carbonyl (C=O) groups is 3. The Morgan fingerprint density at radius 2 is 1.70 bits per heavy atom. The summed E-state index contributed by atoms with van der Waals surface area (Å²) in [5.74, 6) is -2.24. The van der Waals surface area contributed by atoms with Crippen molar-refractivity contribution in [2.24, 2.45) is 0 Å². The number of aliphatic hydroxyl groups excluding tert-OH is 1. The van der Waals surface area contributed by atoms with E-state index in [0.29, 0.717) is 34.6 Å². The van der Waals surface area contributed by atoms with Gasteiger partial charge in [-0.15, -0.1) is 0 Å². The average molecular weight is 496 g/mol. The van der Waals surface area contributed by atoms with Crippen LogP contribution in [0.2, 0.25) is 0 Å². The number of ketones is 1. The van der Waals surface area contributed by atoms with Crippen LogP contribution >= 0.6 is 0 Å². The van der Waals surface area contributed by atoms with E-state index in [0.717, 1.165) is 5.56 Å². The van der Waals surface area contributed by atoms with Gasteiger partial charge in [0, 0.05) is 12.7 Å². The Morgan fingerprint density at radius 1 is 1.00 bits per heavy atom. The number of esters is 1. The van der Waals surface area contributed by atoms with Gasteiger partial charge in [-0.1, -0.05) is 48.5 Å². The van der Waals surface area contributed by atoms with Crippen molar-refractivity contribution in [2.45, 2.75) is 19.4 Å². The Balaban J connectivity index is 1.64. The van der Waals surface area contributed by atoms with Gasteiger partial charge in [-0.2, -0.15) is 0 Å². The number of hydrogen-bond acceptors (Lipinski definition) is 6. The van der Waals surface area contributed by atoms with Crippen LogP contribution in [0.15, 0.2) is 84.6 Å². The molecule has 1 atom stereocenters. The van der Waals surface area contributed by atoms with Crippen LogP contribution in [0.5, 0.6) is 0 Å². The number of rotatable bonds is 6. The van der Waals surface area contributed by atoms with Gasteiger partial charge in [0.1, 0.15) is 11.3 Å². The summed E-state index contributed by atoms with van der Waals surface area (Å²) < 4.78 is 6.48. The molecule has 1 saturated heterocycles. The molecular weight excluding hydrogens is 470 g/mol. The minimum atomic E-state index is -0.843. The lowest BCUT2D eigenvalue weighted by Crippen LogP contribution is -2.31. The quantitative estimate of drug-likeness (QED) is 0.187. The molecule has 1 fully saturated rings. The summed E-state index contributed by atoms with van der Waals surface area (Å²) in [7, 11) is 1.30. The minimum Gasteiger partial charge on any atom is -0.505 e. The van der Waals surface area contributed by atoms with Crippen LogP contribution in [0.25, 0.3) is 11.4 Å². The first-order chi connectivity index (χ1) is 17.9. The lowest BCUT2D eigenvalue weighted by molar-refractivity contribution is -0.139. The van der Waals surface area contributed by atoms with Gasteiger partial charge in [-0.25, -0.2) is 9.78 Å². The van der Waals surface area contributed by atoms with Gasteiger partial charge in [-0.05, 0) is 48.7 Å². The highest BCUT2D eigenvalue weighted by Gasteiger charge is 2.46. The molecule has 5 rings (SSSR count). The molecule has 2 aromatic carbocycles. The molecule has 186 valence electrons. The van der Waals surface area contributed by atoms with Gasteiger partial charge in [-0.3, -0.25) is 14.0 Å². The maximum atomic E-state index is 13.4. The first kappa shape index (κ1) is 24.0. The molecule has 1 unspecified atom stereocenters. The molecule has 0 bridgehead atoms. The summed E-state index contributed by atoms with van der Waals surface area (Å²) in [6.07, 6.45) is 2.27. The number of benzene rings is 2. The Bertz CT molecular complexity index is 1540. The monoisotopic (exact) mass is 495 g/mol.